The number of furan rings is 1. The first kappa shape index (κ1) is 15.5. The van der Waals surface area contributed by atoms with Crippen LogP contribution in [-0.2, 0) is 11.3 Å². The minimum Gasteiger partial charge on any atom is -0.467 e. The second kappa shape index (κ2) is 6.01. The van der Waals surface area contributed by atoms with Gasteiger partial charge in [0.05, 0.1) is 29.5 Å². The normalized spacial score (nSPS) is 14.2. The van der Waals surface area contributed by atoms with Crippen molar-refractivity contribution >= 4 is 17.8 Å². The Kier molecular flexibility index (Phi) is 3.88. The number of benzene rings is 1. The summed E-state index contributed by atoms with van der Waals surface area (Å²) in [5, 5.41) is 8.68. The molecule has 7 nitrogen and oxygen atoms in total. The van der Waals surface area contributed by atoms with Crippen LogP contribution in [0.25, 0.3) is 0 Å². The highest BCUT2D eigenvalue weighted by Crippen LogP contribution is 2.26. The van der Waals surface area contributed by atoms with E-state index in [2.05, 4.69) is 0 Å². The van der Waals surface area contributed by atoms with E-state index in [4.69, 9.17) is 14.4 Å². The van der Waals surface area contributed by atoms with Gasteiger partial charge in [0, 0.05) is 0 Å². The van der Waals surface area contributed by atoms with E-state index in [9.17, 15) is 14.4 Å². The van der Waals surface area contributed by atoms with Gasteiger partial charge in [-0.2, -0.15) is 5.26 Å². The fourth-order valence-electron chi connectivity index (χ4n) is 2.37. The van der Waals surface area contributed by atoms with Crippen molar-refractivity contribution in [3.05, 3.63) is 59.0 Å². The van der Waals surface area contributed by atoms with Gasteiger partial charge in [-0.3, -0.25) is 14.5 Å². The lowest BCUT2D eigenvalue weighted by Crippen LogP contribution is -2.28. The number of nitrogens with zero attached hydrogens (tertiary/aromatic N) is 2. The number of nitriles is 1. The number of rotatable bonds is 4. The van der Waals surface area contributed by atoms with Crippen molar-refractivity contribution in [3.63, 3.8) is 0 Å². The molecule has 1 atom stereocenters. The minimum absolute atomic E-state index is 0.0184. The maximum absolute atomic E-state index is 12.4. The second-order valence-electron chi connectivity index (χ2n) is 5.21. The molecule has 0 unspecified atom stereocenters. The summed E-state index contributed by atoms with van der Waals surface area (Å²) in [4.78, 5) is 37.8. The van der Waals surface area contributed by atoms with Crippen molar-refractivity contribution in [1.29, 1.82) is 5.26 Å². The van der Waals surface area contributed by atoms with Gasteiger partial charge in [0.1, 0.15) is 11.8 Å². The fourth-order valence-corrected chi connectivity index (χ4v) is 2.37. The third kappa shape index (κ3) is 2.65. The van der Waals surface area contributed by atoms with Crippen LogP contribution in [0.3, 0.4) is 0 Å². The molecule has 2 aromatic rings. The highest BCUT2D eigenvalue weighted by molar-refractivity contribution is 6.21. The average Bonchev–Trinajstić information content (AvgIpc) is 3.17. The molecule has 120 valence electrons. The van der Waals surface area contributed by atoms with Gasteiger partial charge in [-0.05, 0) is 37.3 Å². The molecule has 0 saturated carbocycles. The number of hydrogen-bond acceptors (Lipinski definition) is 6. The number of amides is 2. The molecule has 24 heavy (non-hydrogen) atoms. The Balaban J connectivity index is 1.86. The number of hydrogen-bond donors (Lipinski definition) is 0. The molecule has 2 heterocycles. The predicted molar refractivity (Wildman–Crippen MR) is 79.8 cm³/mol. The van der Waals surface area contributed by atoms with Crippen LogP contribution in [0.1, 0.15) is 43.8 Å². The number of imide groups is 1. The van der Waals surface area contributed by atoms with E-state index in [0.717, 1.165) is 4.90 Å². The largest absolute Gasteiger partial charge is 0.467 e. The standard InChI is InChI=1S/C17H12N2O5/c1-10(8-18)24-17(22)11-4-5-13-14(7-11)16(21)19(15(13)20)9-12-3-2-6-23-12/h2-7,10H,9H2,1H3/t10-/m1/s1. The molecule has 0 spiro atoms. The van der Waals surface area contributed by atoms with E-state index in [1.165, 1.54) is 31.4 Å². The van der Waals surface area contributed by atoms with Crippen molar-refractivity contribution in [2.45, 2.75) is 19.6 Å². The second-order valence-corrected chi connectivity index (χ2v) is 5.21. The van der Waals surface area contributed by atoms with E-state index in [1.807, 2.05) is 0 Å². The molecule has 0 saturated heterocycles. The first-order valence-corrected chi connectivity index (χ1v) is 7.14. The SMILES string of the molecule is C[C@H](C#N)OC(=O)c1ccc2c(c1)C(=O)N(Cc1ccco1)C2=O. The Morgan fingerprint density at radius 2 is 2.04 bits per heavy atom. The molecular weight excluding hydrogens is 312 g/mol. The number of ether oxygens (including phenoxy) is 1. The number of esters is 1. The molecule has 0 N–H and O–H groups in total. The van der Waals surface area contributed by atoms with Gasteiger partial charge in [0.15, 0.2) is 6.10 Å². The van der Waals surface area contributed by atoms with Gasteiger partial charge in [-0.25, -0.2) is 4.79 Å². The molecule has 1 aliphatic rings. The smallest absolute Gasteiger partial charge is 0.339 e. The quantitative estimate of drug-likeness (QED) is 0.631. The summed E-state index contributed by atoms with van der Waals surface area (Å²) in [6, 6.07) is 9.22. The van der Waals surface area contributed by atoms with Gasteiger partial charge in [0.2, 0.25) is 0 Å². The lowest BCUT2D eigenvalue weighted by Gasteiger charge is -2.11. The first-order valence-electron chi connectivity index (χ1n) is 7.14. The van der Waals surface area contributed by atoms with Gasteiger partial charge in [-0.1, -0.05) is 0 Å². The van der Waals surface area contributed by atoms with Gasteiger partial charge in [-0.15, -0.1) is 0 Å². The summed E-state index contributed by atoms with van der Waals surface area (Å²) < 4.78 is 10.1. The van der Waals surface area contributed by atoms with Gasteiger partial charge < -0.3 is 9.15 Å². The average molecular weight is 324 g/mol. The molecule has 7 heteroatoms. The summed E-state index contributed by atoms with van der Waals surface area (Å²) >= 11 is 0. The molecule has 2 amide bonds. The van der Waals surface area contributed by atoms with E-state index >= 15 is 0 Å². The predicted octanol–water partition coefficient (Wildman–Crippen LogP) is 2.14. The molecule has 1 aliphatic heterocycles. The maximum Gasteiger partial charge on any atom is 0.339 e. The zero-order valence-corrected chi connectivity index (χ0v) is 12.7. The molecule has 1 aromatic carbocycles. The molecule has 0 radical (unpaired) electrons. The number of carbonyl (C=O) groups excluding carboxylic acids is 3. The van der Waals surface area contributed by atoms with Crippen LogP contribution < -0.4 is 0 Å². The third-order valence-electron chi connectivity index (χ3n) is 3.57. The molecule has 3 rings (SSSR count). The Labute approximate surface area is 137 Å². The van der Waals surface area contributed by atoms with Crippen molar-refractivity contribution in [3.8, 4) is 6.07 Å². The zero-order valence-electron chi connectivity index (χ0n) is 12.7. The van der Waals surface area contributed by atoms with E-state index in [-0.39, 0.29) is 23.2 Å². The van der Waals surface area contributed by atoms with Crippen LogP contribution in [0.2, 0.25) is 0 Å². The van der Waals surface area contributed by atoms with Crippen molar-refractivity contribution in [2.75, 3.05) is 0 Å². The van der Waals surface area contributed by atoms with Crippen LogP contribution in [0.15, 0.2) is 41.0 Å². The van der Waals surface area contributed by atoms with E-state index < -0.39 is 23.9 Å². The summed E-state index contributed by atoms with van der Waals surface area (Å²) in [6.45, 7) is 1.45. The first-order chi connectivity index (χ1) is 11.5. The Hall–Kier alpha value is -3.40. The van der Waals surface area contributed by atoms with Crippen molar-refractivity contribution in [2.24, 2.45) is 0 Å². The molecule has 0 fully saturated rings. The minimum atomic E-state index is -0.904. The summed E-state index contributed by atoms with van der Waals surface area (Å²) in [5.74, 6) is -1.20. The summed E-state index contributed by atoms with van der Waals surface area (Å²) in [5.41, 5.74) is 0.457. The van der Waals surface area contributed by atoms with Gasteiger partial charge >= 0.3 is 5.97 Å². The Morgan fingerprint density at radius 3 is 2.71 bits per heavy atom. The van der Waals surface area contributed by atoms with Crippen LogP contribution in [-0.4, -0.2) is 28.8 Å². The highest BCUT2D eigenvalue weighted by Gasteiger charge is 2.36. The molecular formula is C17H12N2O5. The fraction of sp³-hybridized carbons (Fsp3) is 0.176. The van der Waals surface area contributed by atoms with Crippen LogP contribution in [0.4, 0.5) is 0 Å². The molecule has 0 bridgehead atoms. The monoisotopic (exact) mass is 324 g/mol. The number of carbonyl (C=O) groups is 3. The zero-order chi connectivity index (χ0) is 17.3. The van der Waals surface area contributed by atoms with Crippen LogP contribution in [0.5, 0.6) is 0 Å². The lowest BCUT2D eigenvalue weighted by molar-refractivity contribution is 0.0435. The van der Waals surface area contributed by atoms with E-state index in [1.54, 1.807) is 18.2 Å². The van der Waals surface area contributed by atoms with Crippen molar-refractivity contribution in [1.82, 2.24) is 4.90 Å². The summed E-state index contributed by atoms with van der Waals surface area (Å²) in [7, 11) is 0. The Morgan fingerprint density at radius 1 is 1.29 bits per heavy atom. The van der Waals surface area contributed by atoms with Crippen LogP contribution in [0, 0.1) is 11.3 Å². The van der Waals surface area contributed by atoms with Crippen molar-refractivity contribution < 1.29 is 23.5 Å². The third-order valence-corrected chi connectivity index (χ3v) is 3.57. The van der Waals surface area contributed by atoms with E-state index in [0.29, 0.717) is 5.76 Å². The highest BCUT2D eigenvalue weighted by atomic mass is 16.5. The lowest BCUT2D eigenvalue weighted by atomic mass is 10.1. The molecule has 1 aromatic heterocycles. The van der Waals surface area contributed by atoms with Crippen LogP contribution >= 0.6 is 0 Å². The Bertz CT molecular complexity index is 864. The van der Waals surface area contributed by atoms with Gasteiger partial charge in [0.25, 0.3) is 11.8 Å². The topological polar surface area (TPSA) is 101 Å². The number of fused-ring (bicyclic) bond motifs is 1. The maximum atomic E-state index is 12.4. The molecule has 0 aliphatic carbocycles. The summed E-state index contributed by atoms with van der Waals surface area (Å²) in [6.07, 6.45) is 0.552.